The Morgan fingerprint density at radius 2 is 2.27 bits per heavy atom. The molecule has 2 aromatic heterocycles. The van der Waals surface area contributed by atoms with Crippen LogP contribution in [-0.4, -0.2) is 49.1 Å². The molecule has 13 heteroatoms. The standard InChI is InChI=1S/C13H16F3N7O2S/c14-13(15,16)7-20-10(17)21-8-2-3-18-11(22-8)26-5-1-4-23-9(24)6-19-12(23)25/h2-3,6,24H,1,4-5,7H2,(H,19,25)(H3,17,18,20,21,22). The van der Waals surface area contributed by atoms with Gasteiger partial charge in [0.05, 0.1) is 6.20 Å². The molecule has 0 saturated heterocycles. The van der Waals surface area contributed by atoms with Crippen molar-refractivity contribution in [1.82, 2.24) is 19.5 Å². The van der Waals surface area contributed by atoms with E-state index in [1.165, 1.54) is 34.8 Å². The fourth-order valence-corrected chi connectivity index (χ4v) is 2.57. The van der Waals surface area contributed by atoms with Gasteiger partial charge in [0.2, 0.25) is 5.88 Å². The van der Waals surface area contributed by atoms with E-state index in [-0.39, 0.29) is 11.7 Å². The van der Waals surface area contributed by atoms with Gasteiger partial charge < -0.3 is 21.1 Å². The van der Waals surface area contributed by atoms with Gasteiger partial charge in [0.1, 0.15) is 12.4 Å². The van der Waals surface area contributed by atoms with Gasteiger partial charge in [0, 0.05) is 18.5 Å². The summed E-state index contributed by atoms with van der Waals surface area (Å²) in [6, 6.07) is 1.44. The first-order chi connectivity index (χ1) is 12.2. The third-order valence-corrected chi connectivity index (χ3v) is 3.87. The summed E-state index contributed by atoms with van der Waals surface area (Å²) >= 11 is 1.28. The summed E-state index contributed by atoms with van der Waals surface area (Å²) in [4.78, 5) is 25.0. The third kappa shape index (κ3) is 6.31. The molecule has 0 spiro atoms. The highest BCUT2D eigenvalue weighted by Gasteiger charge is 2.26. The SMILES string of the molecule is NC(=NCC(F)(F)F)Nc1ccnc(SCCCn2c(O)c[nH]c2=O)n1. The summed E-state index contributed by atoms with van der Waals surface area (Å²) in [6.07, 6.45) is -1.24. The van der Waals surface area contributed by atoms with Gasteiger partial charge in [-0.15, -0.1) is 0 Å². The lowest BCUT2D eigenvalue weighted by atomic mass is 10.5. The summed E-state index contributed by atoms with van der Waals surface area (Å²) in [7, 11) is 0. The van der Waals surface area contributed by atoms with Crippen molar-refractivity contribution < 1.29 is 18.3 Å². The molecule has 26 heavy (non-hydrogen) atoms. The van der Waals surface area contributed by atoms with Gasteiger partial charge in [-0.2, -0.15) is 13.2 Å². The van der Waals surface area contributed by atoms with E-state index >= 15 is 0 Å². The van der Waals surface area contributed by atoms with Crippen molar-refractivity contribution in [2.24, 2.45) is 10.7 Å². The normalized spacial score (nSPS) is 12.3. The molecule has 2 rings (SSSR count). The number of hydrogen-bond acceptors (Lipinski definition) is 6. The molecule has 0 fully saturated rings. The van der Waals surface area contributed by atoms with Crippen molar-refractivity contribution in [3.63, 3.8) is 0 Å². The molecule has 0 aliphatic rings. The summed E-state index contributed by atoms with van der Waals surface area (Å²) in [5.74, 6) is 0.221. The topological polar surface area (TPSA) is 134 Å². The Morgan fingerprint density at radius 1 is 1.50 bits per heavy atom. The first-order valence-corrected chi connectivity index (χ1v) is 8.30. The Balaban J connectivity index is 1.84. The number of nitrogens with zero attached hydrogens (tertiary/aromatic N) is 4. The van der Waals surface area contributed by atoms with Gasteiger partial charge in [-0.05, 0) is 12.5 Å². The van der Waals surface area contributed by atoms with Gasteiger partial charge in [-0.25, -0.2) is 19.8 Å². The van der Waals surface area contributed by atoms with Crippen molar-refractivity contribution in [1.29, 1.82) is 0 Å². The van der Waals surface area contributed by atoms with Crippen LogP contribution in [0, 0.1) is 0 Å². The molecule has 142 valence electrons. The van der Waals surface area contributed by atoms with Crippen LogP contribution in [0.2, 0.25) is 0 Å². The van der Waals surface area contributed by atoms with E-state index in [1.54, 1.807) is 0 Å². The van der Waals surface area contributed by atoms with E-state index in [2.05, 4.69) is 25.3 Å². The lowest BCUT2D eigenvalue weighted by Gasteiger charge is -2.07. The number of aromatic hydroxyl groups is 1. The van der Waals surface area contributed by atoms with E-state index in [4.69, 9.17) is 5.73 Å². The molecule has 0 radical (unpaired) electrons. The first-order valence-electron chi connectivity index (χ1n) is 7.31. The molecule has 0 amide bonds. The number of aliphatic imine (C=N–C) groups is 1. The average Bonchev–Trinajstić information content (AvgIpc) is 2.88. The molecule has 5 N–H and O–H groups in total. The molecular formula is C13H16F3N7O2S. The Bertz CT molecular complexity index is 819. The Hall–Kier alpha value is -2.70. The molecule has 0 atom stereocenters. The van der Waals surface area contributed by atoms with Crippen molar-refractivity contribution in [3.05, 3.63) is 28.9 Å². The van der Waals surface area contributed by atoms with Gasteiger partial charge in [-0.3, -0.25) is 4.57 Å². The summed E-state index contributed by atoms with van der Waals surface area (Å²) in [6.45, 7) is -1.07. The largest absolute Gasteiger partial charge is 0.493 e. The minimum atomic E-state index is -4.44. The molecule has 0 saturated carbocycles. The van der Waals surface area contributed by atoms with Crippen LogP contribution >= 0.6 is 11.8 Å². The number of nitrogens with one attached hydrogen (secondary N) is 2. The number of hydrogen-bond donors (Lipinski definition) is 4. The second-order valence-electron chi connectivity index (χ2n) is 4.97. The molecule has 9 nitrogen and oxygen atoms in total. The number of imidazole rings is 1. The van der Waals surface area contributed by atoms with Crippen LogP contribution in [0.4, 0.5) is 19.0 Å². The lowest BCUT2D eigenvalue weighted by molar-refractivity contribution is -0.118. The maximum Gasteiger partial charge on any atom is 0.408 e. The van der Waals surface area contributed by atoms with Crippen molar-refractivity contribution in [2.45, 2.75) is 24.3 Å². The summed E-state index contributed by atoms with van der Waals surface area (Å²) in [5.41, 5.74) is 4.98. The van der Waals surface area contributed by atoms with Crippen molar-refractivity contribution in [2.75, 3.05) is 17.6 Å². The van der Waals surface area contributed by atoms with Crippen molar-refractivity contribution >= 4 is 23.5 Å². The van der Waals surface area contributed by atoms with Crippen molar-refractivity contribution in [3.8, 4) is 5.88 Å². The predicted molar refractivity (Wildman–Crippen MR) is 90.3 cm³/mol. The Kier molecular flexibility index (Phi) is 6.49. The molecule has 0 aliphatic carbocycles. The number of halogens is 3. The maximum atomic E-state index is 12.1. The van der Waals surface area contributed by atoms with E-state index in [0.717, 1.165) is 0 Å². The van der Waals surface area contributed by atoms with Gasteiger partial charge in [0.15, 0.2) is 11.1 Å². The van der Waals surface area contributed by atoms with Crippen LogP contribution in [0.15, 0.2) is 33.4 Å². The van der Waals surface area contributed by atoms with Crippen LogP contribution in [0.1, 0.15) is 6.42 Å². The lowest BCUT2D eigenvalue weighted by Crippen LogP contribution is -2.26. The van der Waals surface area contributed by atoms with Gasteiger partial charge >= 0.3 is 11.9 Å². The zero-order chi connectivity index (χ0) is 19.2. The molecule has 2 heterocycles. The average molecular weight is 391 g/mol. The number of aromatic nitrogens is 4. The molecule has 2 aromatic rings. The summed E-state index contributed by atoms with van der Waals surface area (Å²) < 4.78 is 37.4. The third-order valence-electron chi connectivity index (χ3n) is 2.92. The fraction of sp³-hybridized carbons (Fsp3) is 0.385. The van der Waals surface area contributed by atoms with Crippen LogP contribution in [0.5, 0.6) is 5.88 Å². The number of aromatic amines is 1. The molecule has 0 bridgehead atoms. The number of thioether (sulfide) groups is 1. The zero-order valence-corrected chi connectivity index (χ0v) is 14.1. The highest BCUT2D eigenvalue weighted by atomic mass is 32.2. The summed E-state index contributed by atoms with van der Waals surface area (Å²) in [5, 5.41) is 12.3. The van der Waals surface area contributed by atoms with E-state index in [9.17, 15) is 23.1 Å². The fourth-order valence-electron chi connectivity index (χ4n) is 1.81. The minimum Gasteiger partial charge on any atom is -0.493 e. The minimum absolute atomic E-state index is 0.143. The molecule has 0 aromatic carbocycles. The highest BCUT2D eigenvalue weighted by molar-refractivity contribution is 7.99. The Morgan fingerprint density at radius 3 is 2.92 bits per heavy atom. The van der Waals surface area contributed by atoms with Crippen LogP contribution in [-0.2, 0) is 6.54 Å². The number of alkyl halides is 3. The number of anilines is 1. The second-order valence-corrected chi connectivity index (χ2v) is 6.03. The highest BCUT2D eigenvalue weighted by Crippen LogP contribution is 2.17. The second kappa shape index (κ2) is 8.60. The van der Waals surface area contributed by atoms with E-state index in [0.29, 0.717) is 23.9 Å². The number of nitrogens with two attached hydrogens (primary N) is 1. The quantitative estimate of drug-likeness (QED) is 0.183. The Labute approximate surface area is 149 Å². The first kappa shape index (κ1) is 19.6. The smallest absolute Gasteiger partial charge is 0.408 e. The van der Waals surface area contributed by atoms with Crippen LogP contribution < -0.4 is 16.7 Å². The zero-order valence-electron chi connectivity index (χ0n) is 13.3. The van der Waals surface area contributed by atoms with Crippen LogP contribution in [0.25, 0.3) is 0 Å². The van der Waals surface area contributed by atoms with E-state index < -0.39 is 24.4 Å². The van der Waals surface area contributed by atoms with Gasteiger partial charge in [0.25, 0.3) is 0 Å². The molecule has 0 aliphatic heterocycles. The predicted octanol–water partition coefficient (Wildman–Crippen LogP) is 1.14. The molecular weight excluding hydrogens is 375 g/mol. The molecule has 0 unspecified atom stereocenters. The van der Waals surface area contributed by atoms with Crippen LogP contribution in [0.3, 0.4) is 0 Å². The number of H-pyrrole nitrogens is 1. The van der Waals surface area contributed by atoms with Gasteiger partial charge in [-0.1, -0.05) is 11.8 Å². The number of guanidine groups is 1. The monoisotopic (exact) mass is 391 g/mol. The maximum absolute atomic E-state index is 12.1. The number of rotatable bonds is 7. The van der Waals surface area contributed by atoms with E-state index in [1.807, 2.05) is 0 Å².